The number of aromatic nitrogens is 2. The summed E-state index contributed by atoms with van der Waals surface area (Å²) in [5, 5.41) is 14.1. The van der Waals surface area contributed by atoms with E-state index in [-0.39, 0.29) is 6.10 Å². The Morgan fingerprint density at radius 3 is 2.88 bits per heavy atom. The Bertz CT molecular complexity index is 315. The van der Waals surface area contributed by atoms with Crippen molar-refractivity contribution in [3.8, 4) is 0 Å². The van der Waals surface area contributed by atoms with Crippen molar-refractivity contribution in [2.24, 2.45) is 13.0 Å². The Hall–Kier alpha value is -0.830. The van der Waals surface area contributed by atoms with Crippen LogP contribution in [0.25, 0.3) is 0 Å². The van der Waals surface area contributed by atoms with E-state index in [0.717, 1.165) is 25.2 Å². The zero-order valence-corrected chi connectivity index (χ0v) is 10.1. The normalized spacial score (nSPS) is 19.1. The Morgan fingerprint density at radius 2 is 2.25 bits per heavy atom. The molecule has 0 spiro atoms. The maximum atomic E-state index is 9.97. The molecular weight excluding hydrogens is 200 g/mol. The number of hydrogen-bond acceptors (Lipinski definition) is 2. The molecule has 0 bridgehead atoms. The molecular formula is C13H22N2O. The highest BCUT2D eigenvalue weighted by atomic mass is 16.3. The summed E-state index contributed by atoms with van der Waals surface area (Å²) in [6.07, 6.45) is 9.86. The van der Waals surface area contributed by atoms with Gasteiger partial charge in [0.05, 0.1) is 6.10 Å². The van der Waals surface area contributed by atoms with Crippen molar-refractivity contribution >= 4 is 0 Å². The van der Waals surface area contributed by atoms with Crippen LogP contribution in [0, 0.1) is 5.92 Å². The maximum Gasteiger partial charge on any atom is 0.0546 e. The highest BCUT2D eigenvalue weighted by molar-refractivity contribution is 5.00. The van der Waals surface area contributed by atoms with E-state index in [9.17, 15) is 5.11 Å². The summed E-state index contributed by atoms with van der Waals surface area (Å²) in [6, 6.07) is 2.03. The van der Waals surface area contributed by atoms with Gasteiger partial charge in [0.15, 0.2) is 0 Å². The SMILES string of the molecule is Cn1nccc1CCC(O)CC1CCCC1. The standard InChI is InChI=1S/C13H22N2O/c1-15-12(8-9-14-15)6-7-13(16)10-11-4-2-3-5-11/h8-9,11,13,16H,2-7,10H2,1H3. The fourth-order valence-electron chi connectivity index (χ4n) is 2.71. The van der Waals surface area contributed by atoms with E-state index in [1.54, 1.807) is 0 Å². The third-order valence-electron chi connectivity index (χ3n) is 3.74. The van der Waals surface area contributed by atoms with Gasteiger partial charge in [-0.1, -0.05) is 25.7 Å². The molecule has 1 unspecified atom stereocenters. The summed E-state index contributed by atoms with van der Waals surface area (Å²) < 4.78 is 1.89. The molecule has 16 heavy (non-hydrogen) atoms. The van der Waals surface area contributed by atoms with Crippen molar-refractivity contribution in [2.75, 3.05) is 0 Å². The molecule has 0 saturated heterocycles. The summed E-state index contributed by atoms with van der Waals surface area (Å²) in [7, 11) is 1.96. The molecule has 90 valence electrons. The molecule has 2 rings (SSSR count). The van der Waals surface area contributed by atoms with E-state index in [0.29, 0.717) is 0 Å². The second-order valence-corrected chi connectivity index (χ2v) is 5.02. The fraction of sp³-hybridized carbons (Fsp3) is 0.769. The third kappa shape index (κ3) is 3.08. The lowest BCUT2D eigenvalue weighted by Gasteiger charge is -2.15. The Balaban J connectivity index is 1.71. The van der Waals surface area contributed by atoms with Crippen molar-refractivity contribution in [1.29, 1.82) is 0 Å². The monoisotopic (exact) mass is 222 g/mol. The lowest BCUT2D eigenvalue weighted by molar-refractivity contribution is 0.133. The van der Waals surface area contributed by atoms with Crippen LogP contribution in [0.3, 0.4) is 0 Å². The molecule has 0 aliphatic heterocycles. The lowest BCUT2D eigenvalue weighted by atomic mass is 9.97. The van der Waals surface area contributed by atoms with E-state index >= 15 is 0 Å². The molecule has 1 aliphatic carbocycles. The van der Waals surface area contributed by atoms with Gasteiger partial charge in [0.25, 0.3) is 0 Å². The smallest absolute Gasteiger partial charge is 0.0546 e. The van der Waals surface area contributed by atoms with E-state index in [1.165, 1.54) is 31.4 Å². The molecule has 3 heteroatoms. The Kier molecular flexibility index (Phi) is 3.99. The van der Waals surface area contributed by atoms with Crippen LogP contribution >= 0.6 is 0 Å². The molecule has 1 aliphatic rings. The summed E-state index contributed by atoms with van der Waals surface area (Å²) in [6.45, 7) is 0. The minimum Gasteiger partial charge on any atom is -0.393 e. The zero-order valence-electron chi connectivity index (χ0n) is 10.1. The van der Waals surface area contributed by atoms with E-state index in [2.05, 4.69) is 5.10 Å². The van der Waals surface area contributed by atoms with Gasteiger partial charge >= 0.3 is 0 Å². The molecule has 1 saturated carbocycles. The summed E-state index contributed by atoms with van der Waals surface area (Å²) in [5.74, 6) is 0.779. The topological polar surface area (TPSA) is 38.0 Å². The van der Waals surface area contributed by atoms with Gasteiger partial charge in [-0.05, 0) is 31.2 Å². The van der Waals surface area contributed by atoms with Gasteiger partial charge in [0, 0.05) is 18.9 Å². The van der Waals surface area contributed by atoms with E-state index < -0.39 is 0 Å². The first kappa shape index (κ1) is 11.6. The third-order valence-corrected chi connectivity index (χ3v) is 3.74. The second-order valence-electron chi connectivity index (χ2n) is 5.02. The minimum atomic E-state index is -0.127. The molecule has 1 aromatic rings. The number of aryl methyl sites for hydroxylation is 2. The minimum absolute atomic E-state index is 0.127. The van der Waals surface area contributed by atoms with Crippen LogP contribution in [0.15, 0.2) is 12.3 Å². The van der Waals surface area contributed by atoms with Gasteiger partial charge in [-0.25, -0.2) is 0 Å². The van der Waals surface area contributed by atoms with Crippen molar-refractivity contribution in [2.45, 2.75) is 51.0 Å². The number of hydrogen-bond donors (Lipinski definition) is 1. The average molecular weight is 222 g/mol. The molecule has 1 N–H and O–H groups in total. The Labute approximate surface area is 97.5 Å². The molecule has 3 nitrogen and oxygen atoms in total. The molecule has 0 aromatic carbocycles. The van der Waals surface area contributed by atoms with Crippen molar-refractivity contribution in [3.63, 3.8) is 0 Å². The van der Waals surface area contributed by atoms with Crippen molar-refractivity contribution in [3.05, 3.63) is 18.0 Å². The van der Waals surface area contributed by atoms with Crippen LogP contribution in [-0.4, -0.2) is 21.0 Å². The molecule has 1 fully saturated rings. The largest absolute Gasteiger partial charge is 0.393 e. The molecule has 0 radical (unpaired) electrons. The van der Waals surface area contributed by atoms with Crippen molar-refractivity contribution < 1.29 is 5.11 Å². The van der Waals surface area contributed by atoms with Gasteiger partial charge in [0.1, 0.15) is 0 Å². The van der Waals surface area contributed by atoms with Crippen LogP contribution in [0.4, 0.5) is 0 Å². The number of aliphatic hydroxyl groups excluding tert-OH is 1. The molecule has 1 heterocycles. The first-order valence-electron chi connectivity index (χ1n) is 6.40. The van der Waals surface area contributed by atoms with Gasteiger partial charge in [-0.2, -0.15) is 5.10 Å². The van der Waals surface area contributed by atoms with Crippen LogP contribution in [0.1, 0.15) is 44.2 Å². The quantitative estimate of drug-likeness (QED) is 0.830. The van der Waals surface area contributed by atoms with Crippen molar-refractivity contribution in [1.82, 2.24) is 9.78 Å². The van der Waals surface area contributed by atoms with E-state index in [1.807, 2.05) is 24.0 Å². The maximum absolute atomic E-state index is 9.97. The molecule has 0 amide bonds. The van der Waals surface area contributed by atoms with Gasteiger partial charge < -0.3 is 5.11 Å². The number of rotatable bonds is 5. The predicted octanol–water partition coefficient (Wildman–Crippen LogP) is 2.29. The zero-order chi connectivity index (χ0) is 11.4. The first-order chi connectivity index (χ1) is 7.75. The Morgan fingerprint density at radius 1 is 1.50 bits per heavy atom. The predicted molar refractivity (Wildman–Crippen MR) is 64.1 cm³/mol. The average Bonchev–Trinajstić information content (AvgIpc) is 2.87. The number of aliphatic hydroxyl groups is 1. The van der Waals surface area contributed by atoms with Gasteiger partial charge in [-0.15, -0.1) is 0 Å². The highest BCUT2D eigenvalue weighted by Crippen LogP contribution is 2.29. The first-order valence-corrected chi connectivity index (χ1v) is 6.40. The second kappa shape index (κ2) is 5.48. The fourth-order valence-corrected chi connectivity index (χ4v) is 2.71. The summed E-state index contributed by atoms with van der Waals surface area (Å²) >= 11 is 0. The summed E-state index contributed by atoms with van der Waals surface area (Å²) in [5.41, 5.74) is 1.21. The molecule has 1 aromatic heterocycles. The van der Waals surface area contributed by atoms with Gasteiger partial charge in [-0.3, -0.25) is 4.68 Å². The van der Waals surface area contributed by atoms with Crippen LogP contribution in [-0.2, 0) is 13.5 Å². The number of nitrogens with zero attached hydrogens (tertiary/aromatic N) is 2. The summed E-state index contributed by atoms with van der Waals surface area (Å²) in [4.78, 5) is 0. The molecule has 1 atom stereocenters. The van der Waals surface area contributed by atoms with Crippen LogP contribution < -0.4 is 0 Å². The van der Waals surface area contributed by atoms with Crippen LogP contribution in [0.5, 0.6) is 0 Å². The van der Waals surface area contributed by atoms with E-state index in [4.69, 9.17) is 0 Å². The highest BCUT2D eigenvalue weighted by Gasteiger charge is 2.18. The van der Waals surface area contributed by atoms with Gasteiger partial charge in [0.2, 0.25) is 0 Å². The van der Waals surface area contributed by atoms with Crippen LogP contribution in [0.2, 0.25) is 0 Å². The lowest BCUT2D eigenvalue weighted by Crippen LogP contribution is -2.13.